The summed E-state index contributed by atoms with van der Waals surface area (Å²) in [5, 5.41) is 10.1. The molecule has 0 N–H and O–H groups in total. The van der Waals surface area contributed by atoms with Gasteiger partial charge in [0, 0.05) is 24.2 Å². The molecule has 3 rings (SSSR count). The molecule has 0 saturated heterocycles. The van der Waals surface area contributed by atoms with Gasteiger partial charge in [0.25, 0.3) is 0 Å². The normalized spacial score (nSPS) is 14.8. The third-order valence-corrected chi connectivity index (χ3v) is 3.14. The summed E-state index contributed by atoms with van der Waals surface area (Å²) in [4.78, 5) is 0. The first kappa shape index (κ1) is 10.2. The molecule has 1 aliphatic carbocycles. The van der Waals surface area contributed by atoms with E-state index in [1.165, 1.54) is 0 Å². The average molecular weight is 226 g/mol. The Morgan fingerprint density at radius 3 is 2.94 bits per heavy atom. The van der Waals surface area contributed by atoms with Crippen molar-refractivity contribution in [1.29, 1.82) is 5.26 Å². The van der Waals surface area contributed by atoms with Crippen molar-refractivity contribution < 1.29 is 4.74 Å². The van der Waals surface area contributed by atoms with E-state index in [1.54, 1.807) is 0 Å². The Morgan fingerprint density at radius 1 is 1.47 bits per heavy atom. The van der Waals surface area contributed by atoms with Crippen LogP contribution in [0.25, 0.3) is 10.9 Å². The van der Waals surface area contributed by atoms with Crippen molar-refractivity contribution in [1.82, 2.24) is 4.57 Å². The monoisotopic (exact) mass is 226 g/mol. The second-order valence-electron chi connectivity index (χ2n) is 4.44. The molecular formula is C14H14N2O. The summed E-state index contributed by atoms with van der Waals surface area (Å²) in [5.74, 6) is 0.914. The van der Waals surface area contributed by atoms with Crippen LogP contribution in [0.1, 0.15) is 25.3 Å². The lowest BCUT2D eigenvalue weighted by molar-refractivity contribution is 0.303. The molecule has 0 bridgehead atoms. The lowest BCUT2D eigenvalue weighted by Gasteiger charge is -2.06. The highest BCUT2D eigenvalue weighted by Gasteiger charge is 2.23. The molecule has 0 amide bonds. The van der Waals surface area contributed by atoms with Crippen LogP contribution >= 0.6 is 0 Å². The van der Waals surface area contributed by atoms with Crippen LogP contribution < -0.4 is 4.74 Å². The van der Waals surface area contributed by atoms with Crippen molar-refractivity contribution in [2.24, 2.45) is 0 Å². The Bertz CT molecular complexity index is 602. The van der Waals surface area contributed by atoms with Gasteiger partial charge in [-0.3, -0.25) is 0 Å². The molecule has 0 radical (unpaired) electrons. The fraction of sp³-hybridized carbons (Fsp3) is 0.357. The molecule has 3 heteroatoms. The number of hydrogen-bond acceptors (Lipinski definition) is 2. The van der Waals surface area contributed by atoms with Crippen LogP contribution in [0.15, 0.2) is 24.4 Å². The molecule has 2 aromatic rings. The maximum atomic E-state index is 9.07. The maximum Gasteiger partial charge on any atom is 0.121 e. The minimum Gasteiger partial charge on any atom is -0.490 e. The highest BCUT2D eigenvalue weighted by molar-refractivity contribution is 5.87. The van der Waals surface area contributed by atoms with E-state index in [1.807, 2.05) is 24.4 Å². The van der Waals surface area contributed by atoms with Crippen LogP contribution in [0.3, 0.4) is 0 Å². The van der Waals surface area contributed by atoms with Crippen molar-refractivity contribution in [3.8, 4) is 11.8 Å². The van der Waals surface area contributed by atoms with Crippen LogP contribution in [0, 0.1) is 11.3 Å². The number of aromatic nitrogens is 1. The lowest BCUT2D eigenvalue weighted by Crippen LogP contribution is -1.96. The van der Waals surface area contributed by atoms with Gasteiger partial charge < -0.3 is 9.30 Å². The number of nitriles is 1. The maximum absolute atomic E-state index is 9.07. The standard InChI is InChI=1S/C14H14N2O/c1-2-16-9-10(8-15)13-6-5-12(7-14(13)16)17-11-3-4-11/h5-7,9,11H,2-4H2,1H3. The van der Waals surface area contributed by atoms with E-state index >= 15 is 0 Å². The van der Waals surface area contributed by atoms with Gasteiger partial charge in [-0.25, -0.2) is 0 Å². The fourth-order valence-corrected chi connectivity index (χ4v) is 2.07. The van der Waals surface area contributed by atoms with Crippen LogP contribution in [0.4, 0.5) is 0 Å². The van der Waals surface area contributed by atoms with E-state index in [-0.39, 0.29) is 0 Å². The Morgan fingerprint density at radius 2 is 2.29 bits per heavy atom. The van der Waals surface area contributed by atoms with E-state index in [2.05, 4.69) is 17.6 Å². The third-order valence-electron chi connectivity index (χ3n) is 3.14. The first-order valence-electron chi connectivity index (χ1n) is 6.01. The number of aryl methyl sites for hydroxylation is 1. The Kier molecular flexibility index (Phi) is 2.29. The van der Waals surface area contributed by atoms with Gasteiger partial charge in [-0.15, -0.1) is 0 Å². The SMILES string of the molecule is CCn1cc(C#N)c2ccc(OC3CC3)cc21. The Hall–Kier alpha value is -1.95. The quantitative estimate of drug-likeness (QED) is 0.806. The molecule has 0 aliphatic heterocycles. The molecule has 3 nitrogen and oxygen atoms in total. The zero-order valence-corrected chi connectivity index (χ0v) is 9.81. The molecule has 1 heterocycles. The largest absolute Gasteiger partial charge is 0.490 e. The number of fused-ring (bicyclic) bond motifs is 1. The van der Waals surface area contributed by atoms with Crippen molar-refractivity contribution in [2.45, 2.75) is 32.4 Å². The minimum atomic E-state index is 0.410. The van der Waals surface area contributed by atoms with Crippen LogP contribution in [0.5, 0.6) is 5.75 Å². The van der Waals surface area contributed by atoms with Crippen molar-refractivity contribution >= 4 is 10.9 Å². The van der Waals surface area contributed by atoms with Crippen LogP contribution in [-0.4, -0.2) is 10.7 Å². The number of nitrogens with zero attached hydrogens (tertiary/aromatic N) is 2. The number of hydrogen-bond donors (Lipinski definition) is 0. The molecule has 1 aromatic heterocycles. The second-order valence-corrected chi connectivity index (χ2v) is 4.44. The molecule has 17 heavy (non-hydrogen) atoms. The molecule has 1 aromatic carbocycles. The molecule has 0 atom stereocenters. The summed E-state index contributed by atoms with van der Waals surface area (Å²) in [7, 11) is 0. The molecular weight excluding hydrogens is 212 g/mol. The van der Waals surface area contributed by atoms with E-state index < -0.39 is 0 Å². The van der Waals surface area contributed by atoms with Gasteiger partial charge in [0.1, 0.15) is 11.8 Å². The zero-order valence-electron chi connectivity index (χ0n) is 9.81. The van der Waals surface area contributed by atoms with Gasteiger partial charge in [0.05, 0.1) is 17.2 Å². The van der Waals surface area contributed by atoms with Gasteiger partial charge in [0.2, 0.25) is 0 Å². The number of rotatable bonds is 3. The third kappa shape index (κ3) is 1.76. The van der Waals surface area contributed by atoms with E-state index in [0.717, 1.165) is 41.6 Å². The zero-order chi connectivity index (χ0) is 11.8. The van der Waals surface area contributed by atoms with Crippen LogP contribution in [0.2, 0.25) is 0 Å². The Balaban J connectivity index is 2.10. The van der Waals surface area contributed by atoms with Crippen molar-refractivity contribution in [3.63, 3.8) is 0 Å². The summed E-state index contributed by atoms with van der Waals surface area (Å²) >= 11 is 0. The van der Waals surface area contributed by atoms with Crippen molar-refractivity contribution in [3.05, 3.63) is 30.0 Å². The summed E-state index contributed by atoms with van der Waals surface area (Å²) in [6.45, 7) is 2.94. The molecule has 1 saturated carbocycles. The molecule has 0 spiro atoms. The predicted molar refractivity (Wildman–Crippen MR) is 66.0 cm³/mol. The summed E-state index contributed by atoms with van der Waals surface area (Å²) in [6, 6.07) is 8.22. The first-order valence-corrected chi connectivity index (χ1v) is 6.01. The highest BCUT2D eigenvalue weighted by Crippen LogP contribution is 2.30. The first-order chi connectivity index (χ1) is 8.31. The summed E-state index contributed by atoms with van der Waals surface area (Å²) < 4.78 is 7.87. The molecule has 1 fully saturated rings. The van der Waals surface area contributed by atoms with Gasteiger partial charge in [0.15, 0.2) is 0 Å². The predicted octanol–water partition coefficient (Wildman–Crippen LogP) is 3.07. The minimum absolute atomic E-state index is 0.410. The van der Waals surface area contributed by atoms with Gasteiger partial charge in [-0.05, 0) is 31.9 Å². The number of benzene rings is 1. The van der Waals surface area contributed by atoms with Gasteiger partial charge in [-0.2, -0.15) is 5.26 Å². The Labute approximate surface area is 100 Å². The summed E-state index contributed by atoms with van der Waals surface area (Å²) in [5.41, 5.74) is 1.82. The molecule has 0 unspecified atom stereocenters. The van der Waals surface area contributed by atoms with Gasteiger partial charge >= 0.3 is 0 Å². The summed E-state index contributed by atoms with van der Waals surface area (Å²) in [6.07, 6.45) is 4.64. The van der Waals surface area contributed by atoms with Crippen LogP contribution in [-0.2, 0) is 6.54 Å². The molecule has 86 valence electrons. The average Bonchev–Trinajstić information content (AvgIpc) is 3.09. The van der Waals surface area contributed by atoms with E-state index in [9.17, 15) is 0 Å². The van der Waals surface area contributed by atoms with E-state index in [0.29, 0.717) is 6.10 Å². The van der Waals surface area contributed by atoms with E-state index in [4.69, 9.17) is 10.00 Å². The van der Waals surface area contributed by atoms with Crippen molar-refractivity contribution in [2.75, 3.05) is 0 Å². The fourth-order valence-electron chi connectivity index (χ4n) is 2.07. The second kappa shape index (κ2) is 3.81. The lowest BCUT2D eigenvalue weighted by atomic mass is 10.2. The highest BCUT2D eigenvalue weighted by atomic mass is 16.5. The molecule has 1 aliphatic rings. The number of ether oxygens (including phenoxy) is 1. The smallest absolute Gasteiger partial charge is 0.121 e. The van der Waals surface area contributed by atoms with Gasteiger partial charge in [-0.1, -0.05) is 0 Å². The topological polar surface area (TPSA) is 38.0 Å².